The molecular formula is C19H22N6O. The van der Waals surface area contributed by atoms with Gasteiger partial charge in [0.2, 0.25) is 5.91 Å². The lowest BCUT2D eigenvalue weighted by atomic mass is 10.1. The summed E-state index contributed by atoms with van der Waals surface area (Å²) in [5.41, 5.74) is 2.69. The number of fused-ring (bicyclic) bond motifs is 1. The first-order chi connectivity index (χ1) is 12.7. The van der Waals surface area contributed by atoms with Gasteiger partial charge in [-0.05, 0) is 13.1 Å². The van der Waals surface area contributed by atoms with Crippen molar-refractivity contribution in [2.45, 2.75) is 0 Å². The normalized spacial score (nSPS) is 16.0. The van der Waals surface area contributed by atoms with Crippen molar-refractivity contribution >= 4 is 22.6 Å². The third-order valence-electron chi connectivity index (χ3n) is 4.74. The number of carbonyl (C=O) groups excluding carboxylic acids is 1. The monoisotopic (exact) mass is 350 g/mol. The van der Waals surface area contributed by atoms with Crippen LogP contribution in [0.5, 0.6) is 0 Å². The zero-order valence-corrected chi connectivity index (χ0v) is 14.8. The number of pyridine rings is 1. The Balaban J connectivity index is 1.50. The van der Waals surface area contributed by atoms with Crippen molar-refractivity contribution in [3.05, 3.63) is 42.6 Å². The lowest BCUT2D eigenvalue weighted by molar-refractivity contribution is -0.117. The molecule has 3 heterocycles. The van der Waals surface area contributed by atoms with Crippen LogP contribution >= 0.6 is 0 Å². The van der Waals surface area contributed by atoms with Crippen LogP contribution in [0, 0.1) is 0 Å². The van der Waals surface area contributed by atoms with Crippen LogP contribution in [0.3, 0.4) is 0 Å². The van der Waals surface area contributed by atoms with E-state index in [0.717, 1.165) is 48.3 Å². The van der Waals surface area contributed by atoms with Crippen LogP contribution in [0.2, 0.25) is 0 Å². The summed E-state index contributed by atoms with van der Waals surface area (Å²) in [5.74, 6) is 0.514. The molecule has 0 bridgehead atoms. The fourth-order valence-corrected chi connectivity index (χ4v) is 3.16. The van der Waals surface area contributed by atoms with Gasteiger partial charge in [-0.1, -0.05) is 30.3 Å². The summed E-state index contributed by atoms with van der Waals surface area (Å²) >= 11 is 0. The average molecular weight is 350 g/mol. The SMILES string of the molecule is CN1CCN(CC(=O)Nc2n[nH]c3cnc(-c4ccccc4)cc23)CC1. The van der Waals surface area contributed by atoms with Gasteiger partial charge in [-0.2, -0.15) is 5.10 Å². The summed E-state index contributed by atoms with van der Waals surface area (Å²) in [4.78, 5) is 21.3. The number of nitrogens with one attached hydrogen (secondary N) is 2. The second-order valence-corrected chi connectivity index (χ2v) is 6.68. The average Bonchev–Trinajstić information content (AvgIpc) is 3.06. The van der Waals surface area contributed by atoms with Gasteiger partial charge in [0.15, 0.2) is 5.82 Å². The molecule has 26 heavy (non-hydrogen) atoms. The fourth-order valence-electron chi connectivity index (χ4n) is 3.16. The standard InChI is InChI=1S/C19H22N6O/c1-24-7-9-25(10-8-24)13-18(26)21-19-15-11-16(14-5-3-2-4-6-14)20-12-17(15)22-23-19/h2-6,11-12H,7-10,13H2,1H3,(H2,21,22,23,26). The highest BCUT2D eigenvalue weighted by Crippen LogP contribution is 2.25. The van der Waals surface area contributed by atoms with Gasteiger partial charge in [0, 0.05) is 37.1 Å². The maximum absolute atomic E-state index is 12.4. The lowest BCUT2D eigenvalue weighted by Crippen LogP contribution is -2.47. The molecule has 1 fully saturated rings. The number of aromatic amines is 1. The molecule has 1 saturated heterocycles. The number of anilines is 1. The highest BCUT2D eigenvalue weighted by Gasteiger charge is 2.18. The fraction of sp³-hybridized carbons (Fsp3) is 0.316. The Kier molecular flexibility index (Phi) is 4.64. The number of hydrogen-bond donors (Lipinski definition) is 2. The molecule has 7 heteroatoms. The number of H-pyrrole nitrogens is 1. The van der Waals surface area contributed by atoms with Gasteiger partial charge in [0.1, 0.15) is 0 Å². The summed E-state index contributed by atoms with van der Waals surface area (Å²) in [6, 6.07) is 11.9. The van der Waals surface area contributed by atoms with E-state index in [4.69, 9.17) is 0 Å². The Morgan fingerprint density at radius 2 is 1.96 bits per heavy atom. The number of piperazine rings is 1. The van der Waals surface area contributed by atoms with Crippen LogP contribution in [0.1, 0.15) is 0 Å². The van der Waals surface area contributed by atoms with Crippen LogP contribution in [0.15, 0.2) is 42.6 Å². The molecule has 2 aromatic heterocycles. The quantitative estimate of drug-likeness (QED) is 0.750. The molecule has 1 amide bonds. The maximum Gasteiger partial charge on any atom is 0.239 e. The molecule has 0 atom stereocenters. The van der Waals surface area contributed by atoms with E-state index in [9.17, 15) is 4.79 Å². The number of amides is 1. The Bertz CT molecular complexity index is 899. The Hall–Kier alpha value is -2.77. The number of rotatable bonds is 4. The summed E-state index contributed by atoms with van der Waals surface area (Å²) in [5, 5.41) is 11.0. The second-order valence-electron chi connectivity index (χ2n) is 6.68. The van der Waals surface area contributed by atoms with Gasteiger partial charge < -0.3 is 10.2 Å². The van der Waals surface area contributed by atoms with Gasteiger partial charge in [-0.3, -0.25) is 19.8 Å². The number of benzene rings is 1. The first-order valence-corrected chi connectivity index (χ1v) is 8.79. The molecule has 134 valence electrons. The molecule has 1 aliphatic heterocycles. The van der Waals surface area contributed by atoms with E-state index >= 15 is 0 Å². The van der Waals surface area contributed by atoms with Gasteiger partial charge >= 0.3 is 0 Å². The van der Waals surface area contributed by atoms with Crippen LogP contribution in [-0.4, -0.2) is 70.7 Å². The van der Waals surface area contributed by atoms with E-state index in [-0.39, 0.29) is 5.91 Å². The third kappa shape index (κ3) is 3.58. The molecule has 1 aromatic carbocycles. The van der Waals surface area contributed by atoms with Crippen molar-refractivity contribution in [1.82, 2.24) is 25.0 Å². The first-order valence-electron chi connectivity index (χ1n) is 8.79. The lowest BCUT2D eigenvalue weighted by Gasteiger charge is -2.31. The Morgan fingerprint density at radius 1 is 1.19 bits per heavy atom. The number of nitrogens with zero attached hydrogens (tertiary/aromatic N) is 4. The molecule has 1 aliphatic rings. The summed E-state index contributed by atoms with van der Waals surface area (Å²) in [6.07, 6.45) is 1.75. The zero-order chi connectivity index (χ0) is 17.9. The zero-order valence-electron chi connectivity index (χ0n) is 14.8. The summed E-state index contributed by atoms with van der Waals surface area (Å²) < 4.78 is 0. The largest absolute Gasteiger partial charge is 0.308 e. The van der Waals surface area contributed by atoms with E-state index in [0.29, 0.717) is 12.4 Å². The number of carbonyl (C=O) groups is 1. The Morgan fingerprint density at radius 3 is 2.73 bits per heavy atom. The van der Waals surface area contributed by atoms with E-state index in [1.54, 1.807) is 6.20 Å². The predicted molar refractivity (Wildman–Crippen MR) is 102 cm³/mol. The van der Waals surface area contributed by atoms with Crippen molar-refractivity contribution in [2.24, 2.45) is 0 Å². The van der Waals surface area contributed by atoms with Crippen molar-refractivity contribution in [2.75, 3.05) is 45.1 Å². The first kappa shape index (κ1) is 16.7. The predicted octanol–water partition coefficient (Wildman–Crippen LogP) is 1.81. The molecule has 7 nitrogen and oxygen atoms in total. The topological polar surface area (TPSA) is 77.1 Å². The molecule has 0 unspecified atom stereocenters. The van der Waals surface area contributed by atoms with Crippen molar-refractivity contribution in [3.8, 4) is 11.3 Å². The minimum atomic E-state index is -0.0407. The third-order valence-corrected chi connectivity index (χ3v) is 4.74. The Labute approximate surface area is 152 Å². The van der Waals surface area contributed by atoms with Crippen molar-refractivity contribution < 1.29 is 4.79 Å². The van der Waals surface area contributed by atoms with Crippen LogP contribution in [0.25, 0.3) is 22.2 Å². The van der Waals surface area contributed by atoms with Crippen LogP contribution in [0.4, 0.5) is 5.82 Å². The molecule has 0 radical (unpaired) electrons. The smallest absolute Gasteiger partial charge is 0.239 e. The van der Waals surface area contributed by atoms with Crippen molar-refractivity contribution in [3.63, 3.8) is 0 Å². The maximum atomic E-state index is 12.4. The molecule has 0 aliphatic carbocycles. The van der Waals surface area contributed by atoms with Crippen molar-refractivity contribution in [1.29, 1.82) is 0 Å². The molecule has 2 N–H and O–H groups in total. The highest BCUT2D eigenvalue weighted by molar-refractivity contribution is 6.01. The minimum Gasteiger partial charge on any atom is -0.308 e. The summed E-state index contributed by atoms with van der Waals surface area (Å²) in [7, 11) is 2.10. The second kappa shape index (κ2) is 7.23. The van der Waals surface area contributed by atoms with Gasteiger partial charge in [-0.25, -0.2) is 0 Å². The van der Waals surface area contributed by atoms with Gasteiger partial charge in [0.05, 0.1) is 24.0 Å². The van der Waals surface area contributed by atoms with E-state index in [2.05, 4.69) is 37.3 Å². The minimum absolute atomic E-state index is 0.0407. The number of aromatic nitrogens is 3. The van der Waals surface area contributed by atoms with E-state index in [1.165, 1.54) is 0 Å². The molecule has 0 spiro atoms. The molecule has 4 rings (SSSR count). The molecule has 0 saturated carbocycles. The number of likely N-dealkylation sites (N-methyl/N-ethyl adjacent to an activating group) is 1. The van der Waals surface area contributed by atoms with Gasteiger partial charge in [-0.15, -0.1) is 0 Å². The van der Waals surface area contributed by atoms with Gasteiger partial charge in [0.25, 0.3) is 0 Å². The van der Waals surface area contributed by atoms with Crippen LogP contribution in [-0.2, 0) is 4.79 Å². The molecule has 3 aromatic rings. The molecular weight excluding hydrogens is 328 g/mol. The highest BCUT2D eigenvalue weighted by atomic mass is 16.2. The van der Waals surface area contributed by atoms with E-state index in [1.807, 2.05) is 36.4 Å². The van der Waals surface area contributed by atoms with E-state index < -0.39 is 0 Å². The van der Waals surface area contributed by atoms with Crippen LogP contribution < -0.4 is 5.32 Å². The summed E-state index contributed by atoms with van der Waals surface area (Å²) in [6.45, 7) is 4.19. The number of hydrogen-bond acceptors (Lipinski definition) is 5.